The lowest BCUT2D eigenvalue weighted by atomic mass is 9.80. The number of piperazine rings is 1. The number of nitriles is 1. The molecule has 1 atom stereocenters. The van der Waals surface area contributed by atoms with Gasteiger partial charge in [0.15, 0.2) is 5.25 Å². The molecule has 2 aliphatic rings. The van der Waals surface area contributed by atoms with Crippen molar-refractivity contribution >= 4 is 10.0 Å². The molecule has 6 heteroatoms. The van der Waals surface area contributed by atoms with Crippen molar-refractivity contribution < 1.29 is 8.42 Å². The summed E-state index contributed by atoms with van der Waals surface area (Å²) >= 11 is 0. The molecule has 1 saturated heterocycles. The molecule has 2 fully saturated rings. The van der Waals surface area contributed by atoms with Gasteiger partial charge in [0.25, 0.3) is 0 Å². The van der Waals surface area contributed by atoms with Crippen LogP contribution in [0.1, 0.15) is 45.4 Å². The van der Waals surface area contributed by atoms with Gasteiger partial charge in [0, 0.05) is 25.2 Å². The van der Waals surface area contributed by atoms with Crippen LogP contribution >= 0.6 is 0 Å². The minimum atomic E-state index is -3.50. The summed E-state index contributed by atoms with van der Waals surface area (Å²) in [5.74, 6) is 0. The predicted octanol–water partition coefficient (Wildman–Crippen LogP) is 1.23. The summed E-state index contributed by atoms with van der Waals surface area (Å²) < 4.78 is 27.1. The first-order valence-electron chi connectivity index (χ1n) is 7.19. The van der Waals surface area contributed by atoms with Crippen LogP contribution in [0.5, 0.6) is 0 Å². The van der Waals surface area contributed by atoms with Crippen molar-refractivity contribution in [3.63, 3.8) is 0 Å². The first kappa shape index (κ1) is 14.8. The Kier molecular flexibility index (Phi) is 4.49. The lowest BCUT2D eigenvalue weighted by Gasteiger charge is -2.49. The van der Waals surface area contributed by atoms with Gasteiger partial charge < -0.3 is 5.32 Å². The van der Waals surface area contributed by atoms with E-state index in [1.54, 1.807) is 11.2 Å². The van der Waals surface area contributed by atoms with Gasteiger partial charge in [-0.1, -0.05) is 26.2 Å². The summed E-state index contributed by atoms with van der Waals surface area (Å²) in [6.07, 6.45) is 5.54. The fourth-order valence-electron chi connectivity index (χ4n) is 3.38. The van der Waals surface area contributed by atoms with Crippen LogP contribution in [0.25, 0.3) is 0 Å². The molecule has 1 spiro atoms. The van der Waals surface area contributed by atoms with Crippen LogP contribution in [-0.4, -0.2) is 43.1 Å². The highest BCUT2D eigenvalue weighted by Gasteiger charge is 2.47. The molecule has 0 aromatic heterocycles. The highest BCUT2D eigenvalue weighted by molar-refractivity contribution is 7.90. The van der Waals surface area contributed by atoms with E-state index in [0.29, 0.717) is 19.5 Å². The van der Waals surface area contributed by atoms with E-state index < -0.39 is 15.3 Å². The largest absolute Gasteiger partial charge is 0.314 e. The molecule has 1 unspecified atom stereocenters. The minimum absolute atomic E-state index is 0.278. The average molecular weight is 285 g/mol. The molecular formula is C13H23N3O2S. The smallest absolute Gasteiger partial charge is 0.231 e. The van der Waals surface area contributed by atoms with E-state index in [0.717, 1.165) is 32.2 Å². The monoisotopic (exact) mass is 285 g/mol. The van der Waals surface area contributed by atoms with E-state index in [1.807, 2.05) is 6.07 Å². The van der Waals surface area contributed by atoms with Crippen molar-refractivity contribution in [1.29, 1.82) is 5.26 Å². The number of sulfonamides is 1. The standard InChI is InChI=1S/C13H23N3O2S/c1-2-12(10-14)19(17,18)16-9-8-15-11-13(16)6-4-3-5-7-13/h12,15H,2-9,11H2,1H3. The van der Waals surface area contributed by atoms with Gasteiger partial charge >= 0.3 is 0 Å². The van der Waals surface area contributed by atoms with E-state index in [9.17, 15) is 8.42 Å². The summed E-state index contributed by atoms with van der Waals surface area (Å²) in [7, 11) is -3.50. The number of nitrogens with zero attached hydrogens (tertiary/aromatic N) is 2. The average Bonchev–Trinajstić information content (AvgIpc) is 2.41. The third-order valence-electron chi connectivity index (χ3n) is 4.44. The third kappa shape index (κ3) is 2.64. The zero-order valence-electron chi connectivity index (χ0n) is 11.6. The summed E-state index contributed by atoms with van der Waals surface area (Å²) in [4.78, 5) is 0. The molecule has 0 aromatic rings. The molecule has 0 aromatic carbocycles. The van der Waals surface area contributed by atoms with Gasteiger partial charge in [-0.25, -0.2) is 8.42 Å². The Bertz CT molecular complexity index is 441. The molecule has 0 radical (unpaired) electrons. The van der Waals surface area contributed by atoms with Crippen LogP contribution in [0.15, 0.2) is 0 Å². The summed E-state index contributed by atoms with van der Waals surface area (Å²) in [6, 6.07) is 1.96. The normalized spacial score (nSPS) is 25.9. The molecule has 1 aliphatic heterocycles. The Morgan fingerprint density at radius 1 is 1.37 bits per heavy atom. The topological polar surface area (TPSA) is 73.2 Å². The van der Waals surface area contributed by atoms with Gasteiger partial charge in [-0.2, -0.15) is 9.57 Å². The Morgan fingerprint density at radius 3 is 2.63 bits per heavy atom. The van der Waals surface area contributed by atoms with Crippen LogP contribution in [0.2, 0.25) is 0 Å². The molecule has 1 heterocycles. The van der Waals surface area contributed by atoms with Gasteiger partial charge in [0.2, 0.25) is 10.0 Å². The van der Waals surface area contributed by atoms with Crippen LogP contribution in [-0.2, 0) is 10.0 Å². The number of hydrogen-bond donors (Lipinski definition) is 1. The van der Waals surface area contributed by atoms with Crippen molar-refractivity contribution in [2.45, 2.75) is 56.2 Å². The van der Waals surface area contributed by atoms with Crippen molar-refractivity contribution in [2.24, 2.45) is 0 Å². The molecule has 1 aliphatic carbocycles. The van der Waals surface area contributed by atoms with Gasteiger partial charge in [-0.05, 0) is 19.3 Å². The van der Waals surface area contributed by atoms with Gasteiger partial charge in [0.05, 0.1) is 6.07 Å². The molecule has 2 rings (SSSR count). The predicted molar refractivity (Wildman–Crippen MR) is 74.0 cm³/mol. The molecule has 1 N–H and O–H groups in total. The summed E-state index contributed by atoms with van der Waals surface area (Å²) in [5.41, 5.74) is -0.278. The van der Waals surface area contributed by atoms with Crippen molar-refractivity contribution in [1.82, 2.24) is 9.62 Å². The summed E-state index contributed by atoms with van der Waals surface area (Å²) in [6.45, 7) is 3.68. The van der Waals surface area contributed by atoms with Crippen molar-refractivity contribution in [3.8, 4) is 6.07 Å². The van der Waals surface area contributed by atoms with E-state index >= 15 is 0 Å². The first-order valence-corrected chi connectivity index (χ1v) is 8.69. The Morgan fingerprint density at radius 2 is 2.05 bits per heavy atom. The van der Waals surface area contributed by atoms with Gasteiger partial charge in [-0.15, -0.1) is 0 Å². The number of nitrogens with one attached hydrogen (secondary N) is 1. The lowest BCUT2D eigenvalue weighted by Crippen LogP contribution is -2.64. The lowest BCUT2D eigenvalue weighted by molar-refractivity contribution is 0.100. The summed E-state index contributed by atoms with van der Waals surface area (Å²) in [5, 5.41) is 11.5. The molecular weight excluding hydrogens is 262 g/mol. The quantitative estimate of drug-likeness (QED) is 0.846. The van der Waals surface area contributed by atoms with E-state index in [2.05, 4.69) is 5.32 Å². The first-order chi connectivity index (χ1) is 9.07. The molecule has 0 amide bonds. The maximum Gasteiger partial charge on any atom is 0.231 e. The zero-order valence-corrected chi connectivity index (χ0v) is 12.4. The van der Waals surface area contributed by atoms with E-state index in [1.165, 1.54) is 6.42 Å². The molecule has 5 nitrogen and oxygen atoms in total. The van der Waals surface area contributed by atoms with Crippen molar-refractivity contribution in [2.75, 3.05) is 19.6 Å². The maximum atomic E-state index is 12.7. The zero-order chi connectivity index (χ0) is 13.9. The second-order valence-electron chi connectivity index (χ2n) is 5.60. The Hall–Kier alpha value is -0.640. The molecule has 19 heavy (non-hydrogen) atoms. The van der Waals surface area contributed by atoms with E-state index in [4.69, 9.17) is 5.26 Å². The van der Waals surface area contributed by atoms with Crippen molar-refractivity contribution in [3.05, 3.63) is 0 Å². The van der Waals surface area contributed by atoms with Crippen LogP contribution in [0, 0.1) is 11.3 Å². The fraction of sp³-hybridized carbons (Fsp3) is 0.923. The highest BCUT2D eigenvalue weighted by Crippen LogP contribution is 2.37. The Labute approximate surface area is 116 Å². The second kappa shape index (κ2) is 5.78. The van der Waals surface area contributed by atoms with E-state index in [-0.39, 0.29) is 5.54 Å². The molecule has 0 bridgehead atoms. The fourth-order valence-corrected chi connectivity index (χ4v) is 5.38. The highest BCUT2D eigenvalue weighted by atomic mass is 32.2. The third-order valence-corrected chi connectivity index (χ3v) is 6.78. The minimum Gasteiger partial charge on any atom is -0.314 e. The van der Waals surface area contributed by atoms with Crippen LogP contribution in [0.4, 0.5) is 0 Å². The van der Waals surface area contributed by atoms with Gasteiger partial charge in [0.1, 0.15) is 0 Å². The number of rotatable bonds is 3. The van der Waals surface area contributed by atoms with Gasteiger partial charge in [-0.3, -0.25) is 0 Å². The van der Waals surface area contributed by atoms with Crippen LogP contribution in [0.3, 0.4) is 0 Å². The molecule has 1 saturated carbocycles. The maximum absolute atomic E-state index is 12.7. The SMILES string of the molecule is CCC(C#N)S(=O)(=O)N1CCNCC12CCCCC2. The molecule has 108 valence electrons. The van der Waals surface area contributed by atoms with Crippen LogP contribution < -0.4 is 5.32 Å². The number of hydrogen-bond acceptors (Lipinski definition) is 4. The Balaban J connectivity index is 2.32. The second-order valence-corrected chi connectivity index (χ2v) is 7.64.